The average molecular weight is 575 g/mol. The molecule has 4 nitrogen and oxygen atoms in total. The molecule has 0 aliphatic rings. The summed E-state index contributed by atoms with van der Waals surface area (Å²) in [5.74, 6) is 0.672. The lowest BCUT2D eigenvalue weighted by molar-refractivity contribution is 0.416. The van der Waals surface area contributed by atoms with Crippen LogP contribution in [0.2, 0.25) is 0 Å². The molecule has 0 atom stereocenters. The molecule has 43 heavy (non-hydrogen) atoms. The van der Waals surface area contributed by atoms with Gasteiger partial charge in [0, 0.05) is 42.2 Å². The fraction of sp³-hybridized carbons (Fsp3) is 0.0270. The summed E-state index contributed by atoms with van der Waals surface area (Å²) < 4.78 is 10.6. The van der Waals surface area contributed by atoms with Gasteiger partial charge in [0.1, 0.15) is 5.75 Å². The van der Waals surface area contributed by atoms with Crippen LogP contribution in [0.1, 0.15) is 0 Å². The first kappa shape index (κ1) is 25.8. The van der Waals surface area contributed by atoms with Gasteiger partial charge in [-0.3, -0.25) is 0 Å². The van der Waals surface area contributed by atoms with Gasteiger partial charge in [0.25, 0.3) is 0 Å². The lowest BCUT2D eigenvalue weighted by atomic mass is 9.75. The molecule has 0 unspecified atom stereocenters. The second-order valence-electron chi connectivity index (χ2n) is 10.7. The van der Waals surface area contributed by atoms with Crippen LogP contribution in [-0.4, -0.2) is 28.8 Å². The average Bonchev–Trinajstić information content (AvgIpc) is 3.60. The molecule has 0 saturated carbocycles. The summed E-state index contributed by atoms with van der Waals surface area (Å²) in [6.45, 7) is 0. The van der Waals surface area contributed by atoms with E-state index in [1.165, 1.54) is 36.5 Å². The summed E-state index contributed by atoms with van der Waals surface area (Å²) in [6.07, 6.45) is 0. The second kappa shape index (κ2) is 10.1. The van der Waals surface area contributed by atoms with Gasteiger partial charge in [-0.2, -0.15) is 0 Å². The van der Waals surface area contributed by atoms with Crippen LogP contribution in [0, 0.1) is 0 Å². The van der Waals surface area contributed by atoms with Crippen molar-refractivity contribution in [3.05, 3.63) is 127 Å². The highest BCUT2D eigenvalue weighted by Crippen LogP contribution is 2.44. The first-order valence-electron chi connectivity index (χ1n) is 14.2. The maximum absolute atomic E-state index is 10.1. The van der Waals surface area contributed by atoms with Gasteiger partial charge in [0.2, 0.25) is 0 Å². The van der Waals surface area contributed by atoms with Crippen LogP contribution in [0.4, 0.5) is 0 Å². The highest BCUT2D eigenvalue weighted by molar-refractivity contribution is 7.26. The van der Waals surface area contributed by atoms with E-state index in [0.717, 1.165) is 33.5 Å². The van der Waals surface area contributed by atoms with Crippen molar-refractivity contribution in [2.24, 2.45) is 0 Å². The number of para-hydroxylation sites is 1. The molecule has 2 N–H and O–H groups in total. The Morgan fingerprint density at radius 1 is 0.628 bits per heavy atom. The number of rotatable bonds is 5. The summed E-state index contributed by atoms with van der Waals surface area (Å²) in [7, 11) is 0.0470. The van der Waals surface area contributed by atoms with E-state index in [4.69, 9.17) is 4.74 Å². The van der Waals surface area contributed by atoms with Crippen LogP contribution in [0.5, 0.6) is 5.75 Å². The molecule has 206 valence electrons. The van der Waals surface area contributed by atoms with Gasteiger partial charge in [-0.15, -0.1) is 11.3 Å². The molecular weight excluding hydrogens is 549 g/mol. The lowest BCUT2D eigenvalue weighted by Gasteiger charge is -2.15. The normalized spacial score (nSPS) is 11.6. The van der Waals surface area contributed by atoms with Crippen molar-refractivity contribution in [2.75, 3.05) is 7.11 Å². The van der Waals surface area contributed by atoms with Crippen molar-refractivity contribution in [2.45, 2.75) is 0 Å². The fourth-order valence-corrected chi connectivity index (χ4v) is 7.65. The Bertz CT molecular complexity index is 2320. The number of ether oxygens (including phenoxy) is 1. The number of hydrogen-bond donors (Lipinski definition) is 2. The Balaban J connectivity index is 1.42. The van der Waals surface area contributed by atoms with E-state index in [-0.39, 0.29) is 0 Å². The Kier molecular flexibility index (Phi) is 6.08. The molecule has 8 aromatic rings. The van der Waals surface area contributed by atoms with Crippen molar-refractivity contribution in [1.82, 2.24) is 4.57 Å². The molecule has 0 amide bonds. The maximum Gasteiger partial charge on any atom is 0.489 e. The molecule has 0 radical (unpaired) electrons. The summed E-state index contributed by atoms with van der Waals surface area (Å²) in [4.78, 5) is 0. The summed E-state index contributed by atoms with van der Waals surface area (Å²) >= 11 is 1.85. The van der Waals surface area contributed by atoms with Gasteiger partial charge in [0.05, 0.1) is 18.1 Å². The minimum Gasteiger partial charge on any atom is -0.496 e. The molecule has 6 heteroatoms. The molecule has 6 aromatic carbocycles. The number of benzene rings is 6. The van der Waals surface area contributed by atoms with Gasteiger partial charge in [-0.05, 0) is 70.7 Å². The molecule has 0 saturated heterocycles. The zero-order valence-corrected chi connectivity index (χ0v) is 24.2. The van der Waals surface area contributed by atoms with Gasteiger partial charge in [-0.25, -0.2) is 0 Å². The van der Waals surface area contributed by atoms with E-state index in [2.05, 4.69) is 102 Å². The summed E-state index contributed by atoms with van der Waals surface area (Å²) in [5.41, 5.74) is 7.52. The minimum absolute atomic E-state index is 0.437. The van der Waals surface area contributed by atoms with Crippen molar-refractivity contribution < 1.29 is 14.8 Å². The molecule has 0 aliphatic heterocycles. The van der Waals surface area contributed by atoms with E-state index in [0.29, 0.717) is 11.2 Å². The van der Waals surface area contributed by atoms with Gasteiger partial charge in [0.15, 0.2) is 0 Å². The van der Waals surface area contributed by atoms with E-state index in [1.54, 1.807) is 19.2 Å². The Labute approximate surface area is 252 Å². The standard InChI is InChI=1S/C37H26BNO3S/c1-42-34-20-16-24(21-29(34)26-11-5-7-13-31(26)38(40)41)23-15-18-32-30(22-23)36-33(39(32)25-9-3-2-4-10-25)19-17-28-27-12-6-8-14-35(27)43-37(28)36/h2-22,40-41H,1H3. The SMILES string of the molecule is COc1ccc(-c2ccc3c(c2)c2c4sc5ccccc5c4ccc2n3-c2ccccc2)cc1-c1ccccc1B(O)O. The third-order valence-corrected chi connectivity index (χ3v) is 9.55. The van der Waals surface area contributed by atoms with Crippen LogP contribution < -0.4 is 10.2 Å². The second-order valence-corrected chi connectivity index (χ2v) is 11.8. The largest absolute Gasteiger partial charge is 0.496 e. The Morgan fingerprint density at radius 3 is 2.19 bits per heavy atom. The van der Waals surface area contributed by atoms with Crippen LogP contribution in [0.15, 0.2) is 127 Å². The monoisotopic (exact) mass is 575 g/mol. The number of hydrogen-bond acceptors (Lipinski definition) is 4. The number of aromatic nitrogens is 1. The zero-order valence-electron chi connectivity index (χ0n) is 23.4. The smallest absolute Gasteiger partial charge is 0.489 e. The van der Waals surface area contributed by atoms with E-state index in [1.807, 2.05) is 29.5 Å². The molecule has 2 heterocycles. The van der Waals surface area contributed by atoms with Crippen LogP contribution >= 0.6 is 11.3 Å². The van der Waals surface area contributed by atoms with E-state index >= 15 is 0 Å². The summed E-state index contributed by atoms with van der Waals surface area (Å²) in [5, 5.41) is 25.2. The molecule has 0 fully saturated rings. The molecule has 0 bridgehead atoms. The molecular formula is C37H26BNO3S. The topological polar surface area (TPSA) is 54.6 Å². The number of fused-ring (bicyclic) bond motifs is 7. The predicted octanol–water partition coefficient (Wildman–Crippen LogP) is 8.17. The Hall–Kier alpha value is -4.88. The fourth-order valence-electron chi connectivity index (χ4n) is 6.39. The van der Waals surface area contributed by atoms with E-state index in [9.17, 15) is 10.0 Å². The molecule has 2 aromatic heterocycles. The van der Waals surface area contributed by atoms with Gasteiger partial charge in [-0.1, -0.05) is 78.9 Å². The number of methoxy groups -OCH3 is 1. The molecule has 8 rings (SSSR count). The predicted molar refractivity (Wildman–Crippen MR) is 181 cm³/mol. The van der Waals surface area contributed by atoms with Crippen molar-refractivity contribution >= 4 is 65.9 Å². The van der Waals surface area contributed by atoms with Gasteiger partial charge < -0.3 is 19.4 Å². The lowest BCUT2D eigenvalue weighted by Crippen LogP contribution is -2.31. The zero-order chi connectivity index (χ0) is 29.1. The molecule has 0 spiro atoms. The highest BCUT2D eigenvalue weighted by atomic mass is 32.1. The van der Waals surface area contributed by atoms with E-state index < -0.39 is 7.12 Å². The third-order valence-electron chi connectivity index (χ3n) is 8.35. The highest BCUT2D eigenvalue weighted by Gasteiger charge is 2.21. The molecule has 0 aliphatic carbocycles. The quantitative estimate of drug-likeness (QED) is 0.204. The number of nitrogens with zero attached hydrogens (tertiary/aromatic N) is 1. The minimum atomic E-state index is -1.59. The first-order chi connectivity index (χ1) is 21.1. The van der Waals surface area contributed by atoms with Crippen molar-refractivity contribution in [3.63, 3.8) is 0 Å². The van der Waals surface area contributed by atoms with Crippen LogP contribution in [0.25, 0.3) is 69.9 Å². The van der Waals surface area contributed by atoms with Crippen LogP contribution in [-0.2, 0) is 0 Å². The van der Waals surface area contributed by atoms with Crippen molar-refractivity contribution in [3.8, 4) is 33.7 Å². The summed E-state index contributed by atoms with van der Waals surface area (Å²) in [6, 6.07) is 43.8. The van der Waals surface area contributed by atoms with Crippen molar-refractivity contribution in [1.29, 1.82) is 0 Å². The maximum atomic E-state index is 10.1. The van der Waals surface area contributed by atoms with Gasteiger partial charge >= 0.3 is 7.12 Å². The van der Waals surface area contributed by atoms with Crippen LogP contribution in [0.3, 0.4) is 0 Å². The Morgan fingerprint density at radius 2 is 1.35 bits per heavy atom. The third kappa shape index (κ3) is 4.07. The number of thiophene rings is 1. The first-order valence-corrected chi connectivity index (χ1v) is 15.0.